The predicted molar refractivity (Wildman–Crippen MR) is 71.9 cm³/mol. The number of halogens is 4. The Bertz CT molecular complexity index is 528. The van der Waals surface area contributed by atoms with Gasteiger partial charge in [-0.1, -0.05) is 20.3 Å². The van der Waals surface area contributed by atoms with Gasteiger partial charge < -0.3 is 10.2 Å². The first-order valence-electron chi connectivity index (χ1n) is 6.86. The largest absolute Gasteiger partial charge is 0.481 e. The van der Waals surface area contributed by atoms with Crippen LogP contribution in [0.2, 0.25) is 0 Å². The van der Waals surface area contributed by atoms with Crippen molar-refractivity contribution >= 4 is 5.97 Å². The normalized spacial score (nSPS) is 16.1. The van der Waals surface area contributed by atoms with E-state index in [0.717, 1.165) is 6.07 Å². The molecule has 0 heterocycles. The molecule has 22 heavy (non-hydrogen) atoms. The quantitative estimate of drug-likeness (QED) is 0.783. The fourth-order valence-corrected chi connectivity index (χ4v) is 2.40. The summed E-state index contributed by atoms with van der Waals surface area (Å²) in [7, 11) is 0. The summed E-state index contributed by atoms with van der Waals surface area (Å²) >= 11 is 0. The fourth-order valence-electron chi connectivity index (χ4n) is 2.40. The molecule has 0 spiro atoms. The average molecular weight is 322 g/mol. The summed E-state index contributed by atoms with van der Waals surface area (Å²) in [5.74, 6) is -4.73. The summed E-state index contributed by atoms with van der Waals surface area (Å²) in [6.07, 6.45) is -5.01. The smallest absolute Gasteiger partial charge is 0.416 e. The lowest BCUT2D eigenvalue weighted by atomic mass is 9.84. The van der Waals surface area contributed by atoms with Gasteiger partial charge in [-0.05, 0) is 36.1 Å². The molecule has 0 saturated carbocycles. The second-order valence-corrected chi connectivity index (χ2v) is 5.34. The summed E-state index contributed by atoms with van der Waals surface area (Å²) in [4.78, 5) is 11.4. The van der Waals surface area contributed by atoms with Gasteiger partial charge in [-0.2, -0.15) is 13.2 Å². The molecule has 0 fully saturated rings. The third-order valence-corrected chi connectivity index (χ3v) is 3.54. The zero-order valence-electron chi connectivity index (χ0n) is 12.2. The number of carboxylic acid groups (broad SMARTS) is 1. The highest BCUT2D eigenvalue weighted by atomic mass is 19.4. The van der Waals surface area contributed by atoms with Crippen LogP contribution in [0.15, 0.2) is 18.2 Å². The van der Waals surface area contributed by atoms with Crippen LogP contribution in [0.4, 0.5) is 17.6 Å². The SMILES string of the molecule is CCCC(C)C(O)C(C(=O)O)c1cc(F)cc(C(F)(F)F)c1. The average Bonchev–Trinajstić information content (AvgIpc) is 2.36. The molecule has 124 valence electrons. The molecule has 0 aliphatic rings. The van der Waals surface area contributed by atoms with Crippen molar-refractivity contribution in [3.8, 4) is 0 Å². The molecule has 3 atom stereocenters. The maximum absolute atomic E-state index is 13.4. The Morgan fingerprint density at radius 1 is 1.27 bits per heavy atom. The van der Waals surface area contributed by atoms with Gasteiger partial charge in [-0.3, -0.25) is 4.79 Å². The van der Waals surface area contributed by atoms with Crippen LogP contribution in [0.5, 0.6) is 0 Å². The Morgan fingerprint density at radius 2 is 1.86 bits per heavy atom. The summed E-state index contributed by atoms with van der Waals surface area (Å²) < 4.78 is 51.6. The number of rotatable bonds is 6. The zero-order valence-corrected chi connectivity index (χ0v) is 12.2. The minimum Gasteiger partial charge on any atom is -0.481 e. The van der Waals surface area contributed by atoms with Crippen LogP contribution >= 0.6 is 0 Å². The van der Waals surface area contributed by atoms with Crippen LogP contribution in [0.3, 0.4) is 0 Å². The number of carboxylic acids is 1. The van der Waals surface area contributed by atoms with Gasteiger partial charge in [-0.25, -0.2) is 4.39 Å². The molecule has 1 aromatic rings. The predicted octanol–water partition coefficient (Wildman–Crippen LogP) is 3.81. The Balaban J connectivity index is 3.27. The van der Waals surface area contributed by atoms with E-state index in [-0.39, 0.29) is 0 Å². The van der Waals surface area contributed by atoms with Gasteiger partial charge >= 0.3 is 12.1 Å². The Labute approximate surface area is 125 Å². The number of hydrogen-bond donors (Lipinski definition) is 2. The standard InChI is InChI=1S/C15H18F4O3/c1-3-4-8(2)13(20)12(14(21)22)9-5-10(15(17,18)19)7-11(16)6-9/h5-8,12-13,20H,3-4H2,1-2H3,(H,21,22). The molecule has 0 aliphatic carbocycles. The van der Waals surface area contributed by atoms with Crippen molar-refractivity contribution in [2.45, 2.75) is 44.9 Å². The third-order valence-electron chi connectivity index (χ3n) is 3.54. The molecular formula is C15H18F4O3. The van der Waals surface area contributed by atoms with E-state index in [0.29, 0.717) is 25.0 Å². The number of alkyl halides is 3. The highest BCUT2D eigenvalue weighted by Gasteiger charge is 2.36. The first-order chi connectivity index (χ1) is 10.1. The van der Waals surface area contributed by atoms with Crippen molar-refractivity contribution in [1.82, 2.24) is 0 Å². The molecule has 0 bridgehead atoms. The van der Waals surface area contributed by atoms with Crippen molar-refractivity contribution in [3.63, 3.8) is 0 Å². The lowest BCUT2D eigenvalue weighted by Crippen LogP contribution is -2.31. The summed E-state index contributed by atoms with van der Waals surface area (Å²) in [6.45, 7) is 3.44. The fraction of sp³-hybridized carbons (Fsp3) is 0.533. The van der Waals surface area contributed by atoms with Gasteiger partial charge in [0.05, 0.1) is 11.7 Å². The van der Waals surface area contributed by atoms with Crippen LogP contribution in [0.1, 0.15) is 43.7 Å². The Morgan fingerprint density at radius 3 is 2.32 bits per heavy atom. The number of hydrogen-bond acceptors (Lipinski definition) is 2. The summed E-state index contributed by atoms with van der Waals surface area (Å²) in [6, 6.07) is 1.59. The zero-order chi connectivity index (χ0) is 17.1. The van der Waals surface area contributed by atoms with E-state index in [4.69, 9.17) is 0 Å². The summed E-state index contributed by atoms with van der Waals surface area (Å²) in [5.41, 5.74) is -1.67. The van der Waals surface area contributed by atoms with Crippen LogP contribution in [-0.4, -0.2) is 22.3 Å². The van der Waals surface area contributed by atoms with Crippen LogP contribution in [0, 0.1) is 11.7 Å². The number of carbonyl (C=O) groups is 1. The van der Waals surface area contributed by atoms with Gasteiger partial charge in [-0.15, -0.1) is 0 Å². The van der Waals surface area contributed by atoms with Crippen LogP contribution in [-0.2, 0) is 11.0 Å². The van der Waals surface area contributed by atoms with Gasteiger partial charge in [0.25, 0.3) is 0 Å². The molecule has 0 saturated heterocycles. The molecule has 0 amide bonds. The number of aliphatic hydroxyl groups is 1. The van der Waals surface area contributed by atoms with Crippen molar-refractivity contribution in [2.75, 3.05) is 0 Å². The second-order valence-electron chi connectivity index (χ2n) is 5.34. The molecule has 0 aliphatic heterocycles. The van der Waals surface area contributed by atoms with E-state index < -0.39 is 47.0 Å². The van der Waals surface area contributed by atoms with E-state index in [2.05, 4.69) is 0 Å². The molecule has 0 aromatic heterocycles. The van der Waals surface area contributed by atoms with E-state index in [1.165, 1.54) is 0 Å². The minimum atomic E-state index is -4.79. The monoisotopic (exact) mass is 322 g/mol. The van der Waals surface area contributed by atoms with E-state index in [9.17, 15) is 32.6 Å². The van der Waals surface area contributed by atoms with Gasteiger partial charge in [0.1, 0.15) is 11.7 Å². The number of benzene rings is 1. The highest BCUT2D eigenvalue weighted by molar-refractivity contribution is 5.77. The highest BCUT2D eigenvalue weighted by Crippen LogP contribution is 2.34. The lowest BCUT2D eigenvalue weighted by Gasteiger charge is -2.25. The van der Waals surface area contributed by atoms with E-state index >= 15 is 0 Å². The Hall–Kier alpha value is -1.63. The third kappa shape index (κ3) is 4.43. The molecule has 7 heteroatoms. The second kappa shape index (κ2) is 7.09. The molecular weight excluding hydrogens is 304 g/mol. The van der Waals surface area contributed by atoms with Crippen molar-refractivity contribution in [3.05, 3.63) is 35.1 Å². The Kier molecular flexibility index (Phi) is 5.93. The molecule has 3 unspecified atom stereocenters. The lowest BCUT2D eigenvalue weighted by molar-refractivity contribution is -0.143. The van der Waals surface area contributed by atoms with Gasteiger partial charge in [0.2, 0.25) is 0 Å². The molecule has 3 nitrogen and oxygen atoms in total. The van der Waals surface area contributed by atoms with Crippen molar-refractivity contribution in [2.24, 2.45) is 5.92 Å². The maximum atomic E-state index is 13.4. The number of aliphatic carboxylic acids is 1. The topological polar surface area (TPSA) is 57.5 Å². The maximum Gasteiger partial charge on any atom is 0.416 e. The van der Waals surface area contributed by atoms with Gasteiger partial charge in [0.15, 0.2) is 0 Å². The van der Waals surface area contributed by atoms with Gasteiger partial charge in [0, 0.05) is 0 Å². The molecule has 1 rings (SSSR count). The molecule has 1 aromatic carbocycles. The van der Waals surface area contributed by atoms with E-state index in [1.54, 1.807) is 6.92 Å². The van der Waals surface area contributed by atoms with Crippen molar-refractivity contribution < 1.29 is 32.6 Å². The van der Waals surface area contributed by atoms with Crippen LogP contribution < -0.4 is 0 Å². The molecule has 2 N–H and O–H groups in total. The first kappa shape index (κ1) is 18.4. The van der Waals surface area contributed by atoms with Crippen molar-refractivity contribution in [1.29, 1.82) is 0 Å². The first-order valence-corrected chi connectivity index (χ1v) is 6.86. The molecule has 0 radical (unpaired) electrons. The summed E-state index contributed by atoms with van der Waals surface area (Å²) in [5, 5.41) is 19.4. The minimum absolute atomic E-state index is 0.296. The van der Waals surface area contributed by atoms with E-state index in [1.807, 2.05) is 6.92 Å². The van der Waals surface area contributed by atoms with Crippen LogP contribution in [0.25, 0.3) is 0 Å². The number of aliphatic hydroxyl groups excluding tert-OH is 1.